The van der Waals surface area contributed by atoms with Gasteiger partial charge in [0.2, 0.25) is 0 Å². The Balaban J connectivity index is 1.47. The van der Waals surface area contributed by atoms with Crippen molar-refractivity contribution in [3.63, 3.8) is 0 Å². The highest BCUT2D eigenvalue weighted by atomic mass is 19.4. The number of alkyl halides is 3. The first-order chi connectivity index (χ1) is 15.7. The summed E-state index contributed by atoms with van der Waals surface area (Å²) in [5.41, 5.74) is -0.183. The lowest BCUT2D eigenvalue weighted by Crippen LogP contribution is -2.12. The van der Waals surface area contributed by atoms with Gasteiger partial charge in [-0.25, -0.2) is 18.7 Å². The minimum absolute atomic E-state index is 0.0367. The number of hydrogen-bond donors (Lipinski definition) is 1. The van der Waals surface area contributed by atoms with E-state index < -0.39 is 29.1 Å². The van der Waals surface area contributed by atoms with E-state index in [0.717, 1.165) is 42.5 Å². The predicted molar refractivity (Wildman–Crippen MR) is 112 cm³/mol. The summed E-state index contributed by atoms with van der Waals surface area (Å²) in [6.07, 6.45) is -1.35. The van der Waals surface area contributed by atoms with E-state index in [0.29, 0.717) is 6.54 Å². The lowest BCUT2D eigenvalue weighted by Gasteiger charge is -2.16. The van der Waals surface area contributed by atoms with Gasteiger partial charge in [-0.05, 0) is 41.8 Å². The van der Waals surface area contributed by atoms with Crippen molar-refractivity contribution in [2.45, 2.75) is 19.0 Å². The first-order valence-electron chi connectivity index (χ1n) is 9.85. The van der Waals surface area contributed by atoms with Crippen LogP contribution < -0.4 is 10.1 Å². The SMILES string of the molecule is CC(CNc1ncnc2c(F)ccc(F)c12)c1ccc(Oc2cnccc2C(F)(F)F)cc1. The number of aromatic nitrogens is 3. The average molecular weight is 460 g/mol. The summed E-state index contributed by atoms with van der Waals surface area (Å²) in [6, 6.07) is 9.39. The van der Waals surface area contributed by atoms with E-state index in [9.17, 15) is 22.0 Å². The molecule has 0 radical (unpaired) electrons. The zero-order valence-corrected chi connectivity index (χ0v) is 17.2. The number of hydrogen-bond acceptors (Lipinski definition) is 5. The summed E-state index contributed by atoms with van der Waals surface area (Å²) in [7, 11) is 0. The molecule has 1 N–H and O–H groups in total. The Morgan fingerprint density at radius 2 is 1.70 bits per heavy atom. The number of fused-ring (bicyclic) bond motifs is 1. The van der Waals surface area contributed by atoms with Crippen LogP contribution >= 0.6 is 0 Å². The van der Waals surface area contributed by atoms with Crippen LogP contribution in [0.4, 0.5) is 27.8 Å². The highest BCUT2D eigenvalue weighted by molar-refractivity contribution is 5.89. The predicted octanol–water partition coefficient (Wildman–Crippen LogP) is 6.33. The maximum atomic E-state index is 14.2. The highest BCUT2D eigenvalue weighted by Gasteiger charge is 2.34. The van der Waals surface area contributed by atoms with Gasteiger partial charge < -0.3 is 10.1 Å². The molecule has 4 aromatic rings. The van der Waals surface area contributed by atoms with E-state index in [2.05, 4.69) is 20.3 Å². The molecule has 5 nitrogen and oxygen atoms in total. The molecule has 0 aliphatic heterocycles. The van der Waals surface area contributed by atoms with Gasteiger partial charge in [0.1, 0.15) is 40.6 Å². The number of nitrogens with zero attached hydrogens (tertiary/aromatic N) is 3. The fraction of sp³-hybridized carbons (Fsp3) is 0.174. The van der Waals surface area contributed by atoms with Gasteiger partial charge >= 0.3 is 6.18 Å². The Labute approximate surface area is 185 Å². The summed E-state index contributed by atoms with van der Waals surface area (Å²) < 4.78 is 72.9. The molecule has 0 fully saturated rings. The fourth-order valence-electron chi connectivity index (χ4n) is 3.29. The van der Waals surface area contributed by atoms with Crippen LogP contribution in [-0.2, 0) is 6.18 Å². The molecule has 1 atom stereocenters. The van der Waals surface area contributed by atoms with E-state index >= 15 is 0 Å². The quantitative estimate of drug-likeness (QED) is 0.341. The summed E-state index contributed by atoms with van der Waals surface area (Å²) in [4.78, 5) is 11.5. The topological polar surface area (TPSA) is 59.9 Å². The van der Waals surface area contributed by atoms with Gasteiger partial charge in [0, 0.05) is 12.7 Å². The van der Waals surface area contributed by atoms with Crippen molar-refractivity contribution in [1.29, 1.82) is 0 Å². The summed E-state index contributed by atoms with van der Waals surface area (Å²) in [6.45, 7) is 2.23. The second-order valence-corrected chi connectivity index (χ2v) is 7.30. The van der Waals surface area contributed by atoms with Crippen molar-refractivity contribution in [2.24, 2.45) is 0 Å². The molecule has 2 aromatic heterocycles. The lowest BCUT2D eigenvalue weighted by atomic mass is 10.0. The molecule has 0 spiro atoms. The molecular weight excluding hydrogens is 443 g/mol. The number of nitrogens with one attached hydrogen (secondary N) is 1. The van der Waals surface area contributed by atoms with Gasteiger partial charge in [-0.1, -0.05) is 19.1 Å². The van der Waals surface area contributed by atoms with Crippen molar-refractivity contribution in [1.82, 2.24) is 15.0 Å². The zero-order valence-electron chi connectivity index (χ0n) is 17.2. The van der Waals surface area contributed by atoms with Crippen molar-refractivity contribution in [3.05, 3.63) is 83.9 Å². The summed E-state index contributed by atoms with van der Waals surface area (Å²) in [5, 5.41) is 2.97. The van der Waals surface area contributed by atoms with Crippen LogP contribution in [0.1, 0.15) is 24.0 Å². The van der Waals surface area contributed by atoms with Crippen LogP contribution in [0.3, 0.4) is 0 Å². The number of benzene rings is 2. The average Bonchev–Trinajstić information content (AvgIpc) is 2.80. The minimum atomic E-state index is -4.56. The van der Waals surface area contributed by atoms with Gasteiger partial charge in [-0.2, -0.15) is 13.2 Å². The van der Waals surface area contributed by atoms with Gasteiger partial charge in [-0.3, -0.25) is 4.98 Å². The zero-order chi connectivity index (χ0) is 23.6. The smallest absolute Gasteiger partial charge is 0.420 e. The van der Waals surface area contributed by atoms with Crippen molar-refractivity contribution in [2.75, 3.05) is 11.9 Å². The molecule has 2 heterocycles. The van der Waals surface area contributed by atoms with Gasteiger partial charge in [0.05, 0.1) is 11.6 Å². The number of rotatable bonds is 6. The Morgan fingerprint density at radius 3 is 2.42 bits per heavy atom. The monoisotopic (exact) mass is 460 g/mol. The van der Waals surface area contributed by atoms with Crippen LogP contribution in [0, 0.1) is 11.6 Å². The van der Waals surface area contributed by atoms with Crippen LogP contribution in [0.25, 0.3) is 10.9 Å². The molecule has 4 rings (SSSR count). The molecule has 0 amide bonds. The van der Waals surface area contributed by atoms with Crippen LogP contribution in [-0.4, -0.2) is 21.5 Å². The third-order valence-corrected chi connectivity index (χ3v) is 5.03. The third-order valence-electron chi connectivity index (χ3n) is 5.03. The maximum Gasteiger partial charge on any atom is 0.420 e. The first-order valence-corrected chi connectivity index (χ1v) is 9.85. The van der Waals surface area contributed by atoms with E-state index in [1.807, 2.05) is 6.92 Å². The highest BCUT2D eigenvalue weighted by Crippen LogP contribution is 2.37. The normalized spacial score (nSPS) is 12.5. The summed E-state index contributed by atoms with van der Waals surface area (Å²) >= 11 is 0. The van der Waals surface area contributed by atoms with E-state index in [4.69, 9.17) is 4.74 Å². The lowest BCUT2D eigenvalue weighted by molar-refractivity contribution is -0.138. The van der Waals surface area contributed by atoms with Crippen LogP contribution in [0.2, 0.25) is 0 Å². The standard InChI is InChI=1S/C23H17F5N4O/c1-13(10-30-22-20-17(24)6-7-18(25)21(20)31-12-32-22)14-2-4-15(5-3-14)33-19-11-29-9-8-16(19)23(26,27)28/h2-9,11-13H,10H2,1H3,(H,30,31,32). The largest absolute Gasteiger partial charge is 0.455 e. The Morgan fingerprint density at radius 1 is 0.970 bits per heavy atom. The number of anilines is 1. The molecule has 0 aliphatic rings. The Kier molecular flexibility index (Phi) is 6.08. The molecule has 0 bridgehead atoms. The molecule has 0 saturated heterocycles. The summed E-state index contributed by atoms with van der Waals surface area (Å²) in [5.74, 6) is -1.39. The molecule has 170 valence electrons. The van der Waals surface area contributed by atoms with Crippen molar-refractivity contribution < 1.29 is 26.7 Å². The maximum absolute atomic E-state index is 14.2. The molecular formula is C23H17F5N4O. The van der Waals surface area contributed by atoms with Crippen molar-refractivity contribution in [3.8, 4) is 11.5 Å². The van der Waals surface area contributed by atoms with E-state index in [1.165, 1.54) is 0 Å². The Hall–Kier alpha value is -3.82. The number of ether oxygens (including phenoxy) is 1. The van der Waals surface area contributed by atoms with Gasteiger partial charge in [0.15, 0.2) is 5.75 Å². The van der Waals surface area contributed by atoms with Gasteiger partial charge in [-0.15, -0.1) is 0 Å². The van der Waals surface area contributed by atoms with E-state index in [1.54, 1.807) is 24.3 Å². The number of pyridine rings is 1. The van der Waals surface area contributed by atoms with Crippen LogP contribution in [0.15, 0.2) is 61.2 Å². The van der Waals surface area contributed by atoms with Crippen molar-refractivity contribution >= 4 is 16.7 Å². The molecule has 1 unspecified atom stereocenters. The third kappa shape index (κ3) is 4.84. The first kappa shape index (κ1) is 22.4. The molecule has 33 heavy (non-hydrogen) atoms. The fourth-order valence-corrected chi connectivity index (χ4v) is 3.29. The minimum Gasteiger partial charge on any atom is -0.455 e. The molecule has 10 heteroatoms. The van der Waals surface area contributed by atoms with Crippen LogP contribution in [0.5, 0.6) is 11.5 Å². The van der Waals surface area contributed by atoms with E-state index in [-0.39, 0.29) is 28.4 Å². The second-order valence-electron chi connectivity index (χ2n) is 7.30. The molecule has 0 aliphatic carbocycles. The molecule has 0 saturated carbocycles. The van der Waals surface area contributed by atoms with Gasteiger partial charge in [0.25, 0.3) is 0 Å². The number of halogens is 5. The second kappa shape index (κ2) is 8.97. The molecule has 2 aromatic carbocycles. The Bertz CT molecular complexity index is 1280.